The number of carbonyl (C=O) groups excluding carboxylic acids is 4. The highest BCUT2D eigenvalue weighted by molar-refractivity contribution is 6.53. The first kappa shape index (κ1) is 27.5. The smallest absolute Gasteiger partial charge is 0.335 e. The van der Waals surface area contributed by atoms with E-state index in [-0.39, 0.29) is 29.8 Å². The van der Waals surface area contributed by atoms with Crippen molar-refractivity contribution in [2.75, 3.05) is 11.9 Å². The van der Waals surface area contributed by atoms with Crippen LogP contribution in [0.1, 0.15) is 45.8 Å². The number of hydrogen-bond donors (Lipinski definition) is 2. The number of nitrogens with zero attached hydrogens (tertiary/aromatic N) is 2. The summed E-state index contributed by atoms with van der Waals surface area (Å²) in [7, 11) is 1.32. The molecule has 6 atom stereocenters. The normalized spacial score (nSPS) is 32.6. The van der Waals surface area contributed by atoms with Gasteiger partial charge >= 0.3 is 5.97 Å². The summed E-state index contributed by atoms with van der Waals surface area (Å²) in [4.78, 5) is 64.6. The van der Waals surface area contributed by atoms with Gasteiger partial charge in [-0.05, 0) is 67.5 Å². The zero-order valence-corrected chi connectivity index (χ0v) is 23.9. The number of carboxylic acid groups (broad SMARTS) is 1. The summed E-state index contributed by atoms with van der Waals surface area (Å²) < 4.78 is 0. The Kier molecular flexibility index (Phi) is 5.97. The number of allylic oxidation sites excluding steroid dienone is 2. The molecule has 2 heterocycles. The van der Waals surface area contributed by atoms with Gasteiger partial charge < -0.3 is 10.2 Å². The summed E-state index contributed by atoms with van der Waals surface area (Å²) in [5.74, 6) is -6.73. The Morgan fingerprint density at radius 3 is 2.27 bits per heavy atom. The Hall–Kier alpha value is -3.69. The highest BCUT2D eigenvalue weighted by atomic mass is 35.5. The maximum Gasteiger partial charge on any atom is 0.335 e. The average Bonchev–Trinajstić information content (AvgIpc) is 3.26. The van der Waals surface area contributed by atoms with Crippen LogP contribution in [0.15, 0.2) is 48.0 Å². The number of carboxylic acids is 1. The van der Waals surface area contributed by atoms with Gasteiger partial charge in [-0.3, -0.25) is 29.0 Å². The number of fused-ring (bicyclic) bond motifs is 4. The Labute approximate surface area is 245 Å². The van der Waals surface area contributed by atoms with Crippen LogP contribution in [-0.2, 0) is 19.2 Å². The minimum atomic E-state index is -1.91. The lowest BCUT2D eigenvalue weighted by Gasteiger charge is -2.51. The van der Waals surface area contributed by atoms with E-state index in [1.54, 1.807) is 26.0 Å². The van der Waals surface area contributed by atoms with Gasteiger partial charge in [0.05, 0.1) is 23.1 Å². The summed E-state index contributed by atoms with van der Waals surface area (Å²) in [6.07, 6.45) is 1.87. The summed E-state index contributed by atoms with van der Waals surface area (Å²) >= 11 is 14.4. The molecule has 6 unspecified atom stereocenters. The van der Waals surface area contributed by atoms with Gasteiger partial charge in [0.15, 0.2) is 9.75 Å². The highest BCUT2D eigenvalue weighted by Gasteiger charge is 2.75. The standard InChI is InChI=1S/C30H26Cl2N2O7/c1-13-9-16(10-14(2)23(13)35)22-18-7-8-19-21(20(18)12-29(31)27(40)33(3)28(41)30(22,29)32)25(37)34(24(19)36)17-6-4-5-15(11-17)26(38)39/h4-7,9-11,19-22,35H,8,12H2,1-3H3,(H,38,39). The van der Waals surface area contributed by atoms with Gasteiger partial charge in [0.25, 0.3) is 11.8 Å². The molecular weight excluding hydrogens is 571 g/mol. The van der Waals surface area contributed by atoms with Crippen LogP contribution in [0.5, 0.6) is 5.75 Å². The Morgan fingerprint density at radius 2 is 1.63 bits per heavy atom. The number of aromatic carboxylic acids is 1. The monoisotopic (exact) mass is 596 g/mol. The van der Waals surface area contributed by atoms with Crippen molar-refractivity contribution in [1.82, 2.24) is 4.90 Å². The van der Waals surface area contributed by atoms with E-state index in [1.807, 2.05) is 6.08 Å². The summed E-state index contributed by atoms with van der Waals surface area (Å²) in [5, 5.41) is 19.9. The minimum Gasteiger partial charge on any atom is -0.507 e. The highest BCUT2D eigenvalue weighted by Crippen LogP contribution is 2.65. The molecule has 212 valence electrons. The molecule has 9 nitrogen and oxygen atoms in total. The van der Waals surface area contributed by atoms with Crippen molar-refractivity contribution in [2.45, 2.75) is 42.4 Å². The zero-order chi connectivity index (χ0) is 29.8. The minimum absolute atomic E-state index is 0.0719. The first-order valence-corrected chi connectivity index (χ1v) is 13.9. The summed E-state index contributed by atoms with van der Waals surface area (Å²) in [6, 6.07) is 9.01. The number of rotatable bonds is 3. The Bertz CT molecular complexity index is 1610. The molecule has 2 saturated heterocycles. The van der Waals surface area contributed by atoms with Crippen LogP contribution in [0.4, 0.5) is 5.69 Å². The summed E-state index contributed by atoms with van der Waals surface area (Å²) in [6.45, 7) is 3.42. The number of alkyl halides is 2. The van der Waals surface area contributed by atoms with Gasteiger partial charge in [-0.1, -0.05) is 29.8 Å². The van der Waals surface area contributed by atoms with Gasteiger partial charge in [-0.2, -0.15) is 0 Å². The Balaban J connectivity index is 1.52. The predicted octanol–water partition coefficient (Wildman–Crippen LogP) is 3.90. The van der Waals surface area contributed by atoms with Gasteiger partial charge in [0, 0.05) is 13.0 Å². The molecule has 2 N–H and O–H groups in total. The topological polar surface area (TPSA) is 132 Å². The Morgan fingerprint density at radius 1 is 0.976 bits per heavy atom. The van der Waals surface area contributed by atoms with Crippen molar-refractivity contribution >= 4 is 58.5 Å². The number of carbonyl (C=O) groups is 5. The molecule has 1 saturated carbocycles. The largest absolute Gasteiger partial charge is 0.507 e. The molecule has 0 bridgehead atoms. The molecule has 2 aromatic rings. The molecule has 0 aromatic heterocycles. The van der Waals surface area contributed by atoms with E-state index >= 15 is 0 Å². The van der Waals surface area contributed by atoms with E-state index in [9.17, 15) is 34.2 Å². The number of likely N-dealkylation sites (tertiary alicyclic amines) is 1. The number of hydrogen-bond acceptors (Lipinski definition) is 6. The molecule has 4 aliphatic rings. The second-order valence-electron chi connectivity index (χ2n) is 11.4. The number of benzene rings is 2. The molecule has 3 fully saturated rings. The summed E-state index contributed by atoms with van der Waals surface area (Å²) in [5.41, 5.74) is 2.36. The fourth-order valence-corrected chi connectivity index (χ4v) is 8.33. The number of phenolic OH excluding ortho intramolecular Hbond substituents is 1. The van der Waals surface area contributed by atoms with E-state index in [0.717, 1.165) is 9.80 Å². The number of anilines is 1. The third kappa shape index (κ3) is 3.45. The molecule has 2 aromatic carbocycles. The van der Waals surface area contributed by atoms with E-state index in [4.69, 9.17) is 23.2 Å². The van der Waals surface area contributed by atoms with Crippen LogP contribution in [0.25, 0.3) is 0 Å². The van der Waals surface area contributed by atoms with Crippen LogP contribution in [-0.4, -0.2) is 61.5 Å². The van der Waals surface area contributed by atoms with Crippen molar-refractivity contribution in [3.8, 4) is 5.75 Å². The zero-order valence-electron chi connectivity index (χ0n) is 22.4. The van der Waals surface area contributed by atoms with Crippen LogP contribution < -0.4 is 4.90 Å². The van der Waals surface area contributed by atoms with Gasteiger partial charge in [-0.15, -0.1) is 23.2 Å². The van der Waals surface area contributed by atoms with Crippen molar-refractivity contribution in [3.63, 3.8) is 0 Å². The molecule has 2 aliphatic heterocycles. The number of amides is 4. The van der Waals surface area contributed by atoms with Crippen molar-refractivity contribution in [1.29, 1.82) is 0 Å². The van der Waals surface area contributed by atoms with Crippen LogP contribution >= 0.6 is 23.2 Å². The maximum atomic E-state index is 14.0. The number of phenols is 1. The van der Waals surface area contributed by atoms with Gasteiger partial charge in [0.2, 0.25) is 11.8 Å². The SMILES string of the molecule is Cc1cc(C2C3=CCC4C(=O)N(c5cccc(C(=O)O)c5)C(=O)C4C3CC3(Cl)C(=O)N(C)C(=O)C23Cl)cc(C)c1O. The lowest BCUT2D eigenvalue weighted by molar-refractivity contribution is -0.138. The van der Waals surface area contributed by atoms with Gasteiger partial charge in [-0.25, -0.2) is 4.79 Å². The quantitative estimate of drug-likeness (QED) is 0.312. The molecule has 4 amide bonds. The van der Waals surface area contributed by atoms with E-state index in [0.29, 0.717) is 22.3 Å². The van der Waals surface area contributed by atoms with Crippen LogP contribution in [0, 0.1) is 31.6 Å². The van der Waals surface area contributed by atoms with E-state index in [1.165, 1.54) is 31.3 Å². The molecule has 0 radical (unpaired) electrons. The molecular formula is C30H26Cl2N2O7. The van der Waals surface area contributed by atoms with Crippen molar-refractivity contribution in [3.05, 3.63) is 70.3 Å². The predicted molar refractivity (Wildman–Crippen MR) is 149 cm³/mol. The maximum absolute atomic E-state index is 14.0. The van der Waals surface area contributed by atoms with Gasteiger partial charge in [0.1, 0.15) is 5.75 Å². The van der Waals surface area contributed by atoms with Crippen LogP contribution in [0.3, 0.4) is 0 Å². The lowest BCUT2D eigenvalue weighted by atomic mass is 9.56. The number of imide groups is 2. The van der Waals surface area contributed by atoms with E-state index < -0.39 is 63.0 Å². The lowest BCUT2D eigenvalue weighted by Crippen LogP contribution is -2.60. The fraction of sp³-hybridized carbons (Fsp3) is 0.367. The molecule has 2 aliphatic carbocycles. The first-order chi connectivity index (χ1) is 19.2. The first-order valence-electron chi connectivity index (χ1n) is 13.2. The van der Waals surface area contributed by atoms with Crippen LogP contribution in [0.2, 0.25) is 0 Å². The molecule has 11 heteroatoms. The van der Waals surface area contributed by atoms with Crippen molar-refractivity contribution in [2.24, 2.45) is 17.8 Å². The fourth-order valence-electron chi connectivity index (χ4n) is 7.31. The third-order valence-corrected chi connectivity index (χ3v) is 10.6. The number of aromatic hydroxyl groups is 1. The second-order valence-corrected chi connectivity index (χ2v) is 12.6. The number of aryl methyl sites for hydroxylation is 2. The van der Waals surface area contributed by atoms with Crippen molar-refractivity contribution < 1.29 is 34.2 Å². The average molecular weight is 597 g/mol. The number of halogens is 2. The molecule has 6 rings (SSSR count). The third-order valence-electron chi connectivity index (χ3n) is 9.21. The molecule has 0 spiro atoms. The van der Waals surface area contributed by atoms with E-state index in [2.05, 4.69) is 0 Å². The molecule has 41 heavy (non-hydrogen) atoms. The second kappa shape index (κ2) is 8.90.